The number of amides is 1. The van der Waals surface area contributed by atoms with Crippen LogP contribution in [-0.2, 0) is 9.84 Å². The fourth-order valence-corrected chi connectivity index (χ4v) is 3.71. The third-order valence-corrected chi connectivity index (χ3v) is 5.32. The van der Waals surface area contributed by atoms with Crippen molar-refractivity contribution in [2.45, 2.75) is 44.6 Å². The first-order chi connectivity index (χ1) is 13.8. The van der Waals surface area contributed by atoms with Gasteiger partial charge in [0.2, 0.25) is 5.88 Å². The molecule has 1 fully saturated rings. The molecule has 1 amide bonds. The molecule has 8 heteroatoms. The van der Waals surface area contributed by atoms with Crippen LogP contribution in [0.15, 0.2) is 48.0 Å². The highest BCUT2D eigenvalue weighted by atomic mass is 32.2. The van der Waals surface area contributed by atoms with Crippen LogP contribution in [0.4, 0.5) is 0 Å². The molecule has 1 heterocycles. The second-order valence-electron chi connectivity index (χ2n) is 7.26. The summed E-state index contributed by atoms with van der Waals surface area (Å²) in [6.45, 7) is 1.69. The Kier molecular flexibility index (Phi) is 6.64. The van der Waals surface area contributed by atoms with E-state index in [4.69, 9.17) is 4.74 Å². The van der Waals surface area contributed by atoms with Gasteiger partial charge in [0.25, 0.3) is 5.91 Å². The average molecular weight is 416 g/mol. The lowest BCUT2D eigenvalue weighted by Crippen LogP contribution is -2.31. The number of benzene rings is 1. The largest absolute Gasteiger partial charge is 0.438 e. The van der Waals surface area contributed by atoms with Crippen LogP contribution in [0.5, 0.6) is 11.6 Å². The molecule has 1 aromatic carbocycles. The quantitative estimate of drug-likeness (QED) is 0.742. The van der Waals surface area contributed by atoms with Gasteiger partial charge in [0.15, 0.2) is 9.84 Å². The normalized spacial score (nSPS) is 16.1. The number of sulfone groups is 1. The Morgan fingerprint density at radius 3 is 2.59 bits per heavy atom. The maximum atomic E-state index is 12.8. The second kappa shape index (κ2) is 9.17. The first-order valence-electron chi connectivity index (χ1n) is 9.61. The smallest absolute Gasteiger partial charge is 0.258 e. The zero-order valence-electron chi connectivity index (χ0n) is 16.5. The van der Waals surface area contributed by atoms with E-state index in [0.717, 1.165) is 37.3 Å². The average Bonchev–Trinajstić information content (AvgIpc) is 3.21. The Labute approximate surface area is 171 Å². The summed E-state index contributed by atoms with van der Waals surface area (Å²) in [6.07, 6.45) is 8.36. The molecule has 0 radical (unpaired) electrons. The number of para-hydroxylation sites is 1. The van der Waals surface area contributed by atoms with Gasteiger partial charge >= 0.3 is 0 Å². The Morgan fingerprint density at radius 1 is 1.24 bits per heavy atom. The topological polar surface area (TPSA) is 98.2 Å². The highest BCUT2D eigenvalue weighted by Gasteiger charge is 2.24. The molecule has 0 unspecified atom stereocenters. The number of hydrogen-bond acceptors (Lipinski definition) is 6. The van der Waals surface area contributed by atoms with Crippen LogP contribution in [0, 0.1) is 0 Å². The molecule has 1 saturated carbocycles. The molecule has 154 valence electrons. The number of rotatable bonds is 7. The summed E-state index contributed by atoms with van der Waals surface area (Å²) >= 11 is 0. The molecular weight excluding hydrogens is 390 g/mol. The van der Waals surface area contributed by atoms with E-state index in [9.17, 15) is 13.2 Å². The minimum Gasteiger partial charge on any atom is -0.438 e. The van der Waals surface area contributed by atoms with Crippen molar-refractivity contribution in [3.8, 4) is 11.6 Å². The molecular formula is C21H25N3O4S. The van der Waals surface area contributed by atoms with Crippen molar-refractivity contribution >= 4 is 15.7 Å². The molecule has 3 rings (SSSR count). The summed E-state index contributed by atoms with van der Waals surface area (Å²) in [7, 11) is -3.26. The van der Waals surface area contributed by atoms with Gasteiger partial charge in [-0.3, -0.25) is 4.79 Å². The van der Waals surface area contributed by atoms with Gasteiger partial charge in [0.1, 0.15) is 17.1 Å². The van der Waals surface area contributed by atoms with E-state index in [2.05, 4.69) is 15.3 Å². The Hall–Kier alpha value is -2.74. The van der Waals surface area contributed by atoms with Gasteiger partial charge < -0.3 is 10.1 Å². The van der Waals surface area contributed by atoms with Crippen molar-refractivity contribution in [3.63, 3.8) is 0 Å². The molecule has 0 saturated heterocycles. The Balaban J connectivity index is 1.85. The molecule has 0 spiro atoms. The van der Waals surface area contributed by atoms with Crippen LogP contribution < -0.4 is 10.1 Å². The van der Waals surface area contributed by atoms with E-state index in [1.807, 2.05) is 18.2 Å². The number of hydrogen-bond donors (Lipinski definition) is 1. The van der Waals surface area contributed by atoms with Crippen molar-refractivity contribution < 1.29 is 17.9 Å². The fraction of sp³-hybridized carbons (Fsp3) is 0.381. The molecule has 7 nitrogen and oxygen atoms in total. The summed E-state index contributed by atoms with van der Waals surface area (Å²) in [6, 6.07) is 8.64. The molecule has 1 N–H and O–H groups in total. The number of aromatic nitrogens is 2. The van der Waals surface area contributed by atoms with Crippen molar-refractivity contribution in [2.75, 3.05) is 6.26 Å². The van der Waals surface area contributed by atoms with Crippen LogP contribution in [0.2, 0.25) is 0 Å². The Bertz CT molecular complexity index is 984. The number of carbonyl (C=O) groups excluding carboxylic acids is 1. The molecule has 1 aromatic heterocycles. The fourth-order valence-electron chi connectivity index (χ4n) is 3.19. The zero-order valence-corrected chi connectivity index (χ0v) is 17.4. The summed E-state index contributed by atoms with van der Waals surface area (Å²) in [5, 5.41) is 3.80. The number of nitrogens with one attached hydrogen (secondary N) is 1. The van der Waals surface area contributed by atoms with Crippen LogP contribution >= 0.6 is 0 Å². The van der Waals surface area contributed by atoms with E-state index in [-0.39, 0.29) is 17.4 Å². The molecule has 0 bridgehead atoms. The number of ether oxygens (including phenoxy) is 1. The molecule has 1 aliphatic rings. The van der Waals surface area contributed by atoms with Gasteiger partial charge in [-0.05, 0) is 31.9 Å². The van der Waals surface area contributed by atoms with Gasteiger partial charge in [-0.25, -0.2) is 13.4 Å². The molecule has 29 heavy (non-hydrogen) atoms. The van der Waals surface area contributed by atoms with Crippen LogP contribution in [0.1, 0.15) is 54.7 Å². The molecule has 1 atom stereocenters. The third kappa shape index (κ3) is 6.12. The van der Waals surface area contributed by atoms with E-state index in [1.165, 1.54) is 12.3 Å². The molecule has 0 aliphatic heterocycles. The van der Waals surface area contributed by atoms with Crippen LogP contribution in [0.25, 0.3) is 0 Å². The maximum absolute atomic E-state index is 12.8. The second-order valence-corrected chi connectivity index (χ2v) is 9.19. The van der Waals surface area contributed by atoms with E-state index in [1.54, 1.807) is 19.1 Å². The number of nitrogens with zero attached hydrogens (tertiary/aromatic N) is 2. The van der Waals surface area contributed by atoms with Crippen molar-refractivity contribution in [1.82, 2.24) is 15.3 Å². The van der Waals surface area contributed by atoms with Gasteiger partial charge in [-0.15, -0.1) is 0 Å². The maximum Gasteiger partial charge on any atom is 0.258 e. The van der Waals surface area contributed by atoms with E-state index < -0.39 is 21.8 Å². The monoisotopic (exact) mass is 415 g/mol. The van der Waals surface area contributed by atoms with Crippen molar-refractivity contribution in [3.05, 3.63) is 59.4 Å². The standard InChI is InChI=1S/C21H25N3O4S/c1-15(12-13-29(2,26)27)23-20(25)18-14-22-19(16-8-6-7-9-16)24-21(18)28-17-10-4-3-5-11-17/h3-5,10-16H,6-9H2,1-2H3,(H,23,25)/b13-12+/t15-/m0/s1. The van der Waals surface area contributed by atoms with E-state index >= 15 is 0 Å². The first kappa shape index (κ1) is 21.0. The lowest BCUT2D eigenvalue weighted by molar-refractivity contribution is 0.0943. The zero-order chi connectivity index (χ0) is 20.9. The SMILES string of the molecule is C[C@@H](/C=C/S(C)(=O)=O)NC(=O)c1cnc(C2CCCC2)nc1Oc1ccccc1. The predicted octanol–water partition coefficient (Wildman–Crippen LogP) is 3.60. The van der Waals surface area contributed by atoms with Gasteiger partial charge in [0, 0.05) is 29.8 Å². The number of carbonyl (C=O) groups is 1. The highest BCUT2D eigenvalue weighted by Crippen LogP contribution is 2.33. The van der Waals surface area contributed by atoms with E-state index in [0.29, 0.717) is 11.6 Å². The van der Waals surface area contributed by atoms with Crippen molar-refractivity contribution in [2.24, 2.45) is 0 Å². The molecule has 2 aromatic rings. The summed E-state index contributed by atoms with van der Waals surface area (Å²) in [4.78, 5) is 21.7. The minimum atomic E-state index is -3.26. The lowest BCUT2D eigenvalue weighted by Gasteiger charge is -2.15. The first-order valence-corrected chi connectivity index (χ1v) is 11.6. The summed E-state index contributed by atoms with van der Waals surface area (Å²) in [5.74, 6) is 1.31. The highest BCUT2D eigenvalue weighted by molar-refractivity contribution is 7.93. The van der Waals surface area contributed by atoms with Crippen LogP contribution in [0.3, 0.4) is 0 Å². The predicted molar refractivity (Wildman–Crippen MR) is 111 cm³/mol. The summed E-state index contributed by atoms with van der Waals surface area (Å²) < 4.78 is 28.4. The lowest BCUT2D eigenvalue weighted by atomic mass is 10.1. The van der Waals surface area contributed by atoms with Gasteiger partial charge in [-0.1, -0.05) is 37.1 Å². The van der Waals surface area contributed by atoms with Gasteiger partial charge in [-0.2, -0.15) is 4.98 Å². The Morgan fingerprint density at radius 2 is 1.93 bits per heavy atom. The minimum absolute atomic E-state index is 0.199. The summed E-state index contributed by atoms with van der Waals surface area (Å²) in [5.41, 5.74) is 0.204. The van der Waals surface area contributed by atoms with Gasteiger partial charge in [0.05, 0.1) is 0 Å². The molecule has 1 aliphatic carbocycles. The third-order valence-electron chi connectivity index (χ3n) is 4.67. The van der Waals surface area contributed by atoms with Crippen LogP contribution in [-0.4, -0.2) is 36.6 Å². The van der Waals surface area contributed by atoms with Crippen molar-refractivity contribution in [1.29, 1.82) is 0 Å².